The van der Waals surface area contributed by atoms with Crippen molar-refractivity contribution in [1.29, 1.82) is 0 Å². The largest absolute Gasteiger partial charge is 0.462 e. The van der Waals surface area contributed by atoms with E-state index in [0.717, 1.165) is 15.6 Å². The fraction of sp³-hybridized carbons (Fsp3) is 0.250. The molecule has 0 amide bonds. The van der Waals surface area contributed by atoms with Crippen molar-refractivity contribution in [2.75, 3.05) is 6.61 Å². The average Bonchev–Trinajstić information content (AvgIpc) is 2.73. The normalized spacial score (nSPS) is 21.2. The molecule has 2 atom stereocenters. The van der Waals surface area contributed by atoms with Crippen LogP contribution in [0.15, 0.2) is 81.9 Å². The molecule has 2 aromatic carbocycles. The number of carbonyl (C=O) groups is 2. The number of ketones is 1. The number of Topliss-reactive ketones (excluding diaryl/α,β-unsaturated/α-hetero) is 1. The molecule has 2 aliphatic rings. The fourth-order valence-corrected chi connectivity index (χ4v) is 4.61. The van der Waals surface area contributed by atoms with E-state index >= 15 is 0 Å². The highest BCUT2D eigenvalue weighted by molar-refractivity contribution is 9.10. The van der Waals surface area contributed by atoms with E-state index in [9.17, 15) is 9.59 Å². The molecule has 0 bridgehead atoms. The Kier molecular flexibility index (Phi) is 5.77. The molecular formula is C24H22BrNO4. The summed E-state index contributed by atoms with van der Waals surface area (Å²) in [5.74, 6) is -0.671. The molecule has 1 heterocycles. The van der Waals surface area contributed by atoms with Crippen LogP contribution >= 0.6 is 15.9 Å². The smallest absolute Gasteiger partial charge is 0.340 e. The summed E-state index contributed by atoms with van der Waals surface area (Å²) in [7, 11) is 0. The number of nitrogens with two attached hydrogens (primary N) is 1. The average molecular weight is 468 g/mol. The number of halogens is 1. The van der Waals surface area contributed by atoms with Crippen molar-refractivity contribution in [1.82, 2.24) is 0 Å². The summed E-state index contributed by atoms with van der Waals surface area (Å²) >= 11 is 3.48. The van der Waals surface area contributed by atoms with Crippen molar-refractivity contribution in [2.24, 2.45) is 5.73 Å². The molecule has 0 aromatic heterocycles. The maximum Gasteiger partial charge on any atom is 0.340 e. The number of carbonyl (C=O) groups excluding carboxylic acids is 2. The van der Waals surface area contributed by atoms with Gasteiger partial charge in [-0.15, -0.1) is 0 Å². The van der Waals surface area contributed by atoms with Gasteiger partial charge < -0.3 is 15.2 Å². The summed E-state index contributed by atoms with van der Waals surface area (Å²) < 4.78 is 12.0. The second-order valence-corrected chi connectivity index (χ2v) is 8.28. The van der Waals surface area contributed by atoms with E-state index < -0.39 is 11.9 Å². The molecule has 6 heteroatoms. The Morgan fingerprint density at radius 1 is 1.13 bits per heavy atom. The number of ether oxygens (including phenoxy) is 2. The molecule has 4 rings (SSSR count). The summed E-state index contributed by atoms with van der Waals surface area (Å²) in [4.78, 5) is 26.1. The Morgan fingerprint density at radius 2 is 1.87 bits per heavy atom. The molecule has 1 aliphatic carbocycles. The van der Waals surface area contributed by atoms with Gasteiger partial charge in [0, 0.05) is 22.9 Å². The Morgan fingerprint density at radius 3 is 2.57 bits per heavy atom. The van der Waals surface area contributed by atoms with Crippen molar-refractivity contribution in [2.45, 2.75) is 31.6 Å². The predicted octanol–water partition coefficient (Wildman–Crippen LogP) is 4.70. The summed E-state index contributed by atoms with van der Waals surface area (Å²) in [6.07, 6.45) is 0.902. The third-order valence-corrected chi connectivity index (χ3v) is 5.98. The van der Waals surface area contributed by atoms with Gasteiger partial charge in [0.2, 0.25) is 5.88 Å². The van der Waals surface area contributed by atoms with E-state index in [2.05, 4.69) is 15.9 Å². The van der Waals surface area contributed by atoms with Crippen molar-refractivity contribution >= 4 is 27.7 Å². The Balaban J connectivity index is 1.81. The lowest BCUT2D eigenvalue weighted by Gasteiger charge is -2.35. The summed E-state index contributed by atoms with van der Waals surface area (Å²) in [6, 6.07) is 17.4. The third-order valence-electron chi connectivity index (χ3n) is 5.49. The molecule has 5 nitrogen and oxygen atoms in total. The molecule has 1 aliphatic heterocycles. The molecule has 2 N–H and O–H groups in total. The quantitative estimate of drug-likeness (QED) is 0.659. The van der Waals surface area contributed by atoms with Gasteiger partial charge in [0.25, 0.3) is 0 Å². The van der Waals surface area contributed by atoms with Gasteiger partial charge in [-0.1, -0.05) is 58.4 Å². The maximum absolute atomic E-state index is 13.3. The number of allylic oxidation sites excluding steroid dienone is 2. The van der Waals surface area contributed by atoms with E-state index in [-0.39, 0.29) is 29.8 Å². The zero-order valence-electron chi connectivity index (χ0n) is 16.6. The van der Waals surface area contributed by atoms with Gasteiger partial charge in [-0.25, -0.2) is 4.79 Å². The maximum atomic E-state index is 13.3. The molecule has 30 heavy (non-hydrogen) atoms. The number of rotatable bonds is 4. The molecule has 0 radical (unpaired) electrons. The van der Waals surface area contributed by atoms with Gasteiger partial charge in [-0.3, -0.25) is 4.79 Å². The standard InChI is InChI=1S/C24H22BrNO4/c1-2-29-24(28)22-20(15-9-6-10-17(25)11-15)21-18(27)12-16(13-19(21)30-23(22)26)14-7-4-3-5-8-14/h3-11,16,20H,2,12-13,26H2,1H3. The molecule has 2 unspecified atom stereocenters. The van der Waals surface area contributed by atoms with Crippen molar-refractivity contribution in [3.63, 3.8) is 0 Å². The van der Waals surface area contributed by atoms with Gasteiger partial charge in [0.1, 0.15) is 11.3 Å². The SMILES string of the molecule is CCOC(=O)C1=C(N)OC2=C(C(=O)CC(c3ccccc3)C2)C1c1cccc(Br)c1. The van der Waals surface area contributed by atoms with Crippen LogP contribution in [0.5, 0.6) is 0 Å². The summed E-state index contributed by atoms with van der Waals surface area (Å²) in [5.41, 5.74) is 8.76. The van der Waals surface area contributed by atoms with Crippen LogP contribution in [0.2, 0.25) is 0 Å². The molecule has 0 fully saturated rings. The lowest BCUT2D eigenvalue weighted by atomic mass is 9.73. The van der Waals surface area contributed by atoms with Crippen LogP contribution in [0, 0.1) is 0 Å². The highest BCUT2D eigenvalue weighted by atomic mass is 79.9. The molecule has 0 saturated carbocycles. The van der Waals surface area contributed by atoms with Gasteiger partial charge >= 0.3 is 5.97 Å². The van der Waals surface area contributed by atoms with E-state index in [4.69, 9.17) is 15.2 Å². The van der Waals surface area contributed by atoms with Crippen molar-refractivity contribution in [3.05, 3.63) is 93.0 Å². The zero-order valence-corrected chi connectivity index (χ0v) is 18.1. The minimum Gasteiger partial charge on any atom is -0.462 e. The number of hydrogen-bond acceptors (Lipinski definition) is 5. The van der Waals surface area contributed by atoms with Gasteiger partial charge in [-0.05, 0) is 36.1 Å². The van der Waals surface area contributed by atoms with E-state index in [0.29, 0.717) is 24.2 Å². The highest BCUT2D eigenvalue weighted by Crippen LogP contribution is 2.47. The van der Waals surface area contributed by atoms with Crippen LogP contribution in [-0.2, 0) is 19.1 Å². The number of benzene rings is 2. The van der Waals surface area contributed by atoms with Crippen molar-refractivity contribution < 1.29 is 19.1 Å². The molecule has 0 spiro atoms. The van der Waals surface area contributed by atoms with Crippen LogP contribution in [0.3, 0.4) is 0 Å². The molecule has 0 saturated heterocycles. The van der Waals surface area contributed by atoms with Gasteiger partial charge in [0.15, 0.2) is 5.78 Å². The Labute approximate surface area is 183 Å². The predicted molar refractivity (Wildman–Crippen MR) is 116 cm³/mol. The monoisotopic (exact) mass is 467 g/mol. The summed E-state index contributed by atoms with van der Waals surface area (Å²) in [6.45, 7) is 1.93. The van der Waals surface area contributed by atoms with Gasteiger partial charge in [-0.2, -0.15) is 0 Å². The third kappa shape index (κ3) is 3.79. The molecule has 2 aromatic rings. The molecule has 154 valence electrons. The van der Waals surface area contributed by atoms with Crippen LogP contribution in [-0.4, -0.2) is 18.4 Å². The number of esters is 1. The van der Waals surface area contributed by atoms with Crippen LogP contribution in [0.25, 0.3) is 0 Å². The second-order valence-electron chi connectivity index (χ2n) is 7.36. The number of hydrogen-bond donors (Lipinski definition) is 1. The topological polar surface area (TPSA) is 78.6 Å². The lowest BCUT2D eigenvalue weighted by Crippen LogP contribution is -2.33. The minimum absolute atomic E-state index is 0.00122. The zero-order chi connectivity index (χ0) is 21.3. The fourth-order valence-electron chi connectivity index (χ4n) is 4.20. The van der Waals surface area contributed by atoms with E-state index in [1.807, 2.05) is 54.6 Å². The van der Waals surface area contributed by atoms with E-state index in [1.54, 1.807) is 6.92 Å². The minimum atomic E-state index is -0.616. The van der Waals surface area contributed by atoms with E-state index in [1.165, 1.54) is 0 Å². The Hall–Kier alpha value is -2.86. The van der Waals surface area contributed by atoms with Crippen LogP contribution in [0.1, 0.15) is 42.7 Å². The second kappa shape index (κ2) is 8.48. The van der Waals surface area contributed by atoms with Crippen molar-refractivity contribution in [3.8, 4) is 0 Å². The first kappa shape index (κ1) is 20.4. The Bertz CT molecular complexity index is 1060. The lowest BCUT2D eigenvalue weighted by molar-refractivity contribution is -0.139. The van der Waals surface area contributed by atoms with Gasteiger partial charge in [0.05, 0.1) is 12.5 Å². The highest BCUT2D eigenvalue weighted by Gasteiger charge is 2.43. The van der Waals surface area contributed by atoms with Crippen LogP contribution < -0.4 is 5.73 Å². The first-order chi connectivity index (χ1) is 14.5. The first-order valence-corrected chi connectivity index (χ1v) is 10.7. The first-order valence-electron chi connectivity index (χ1n) is 9.90. The van der Waals surface area contributed by atoms with Crippen LogP contribution in [0.4, 0.5) is 0 Å². The molecular weight excluding hydrogens is 446 g/mol. The summed E-state index contributed by atoms with van der Waals surface area (Å²) in [5, 5.41) is 0.